The van der Waals surface area contributed by atoms with Gasteiger partial charge in [0.15, 0.2) is 0 Å². The Morgan fingerprint density at radius 2 is 1.82 bits per heavy atom. The summed E-state index contributed by atoms with van der Waals surface area (Å²) in [5, 5.41) is 0. The third-order valence-corrected chi connectivity index (χ3v) is 5.26. The van der Waals surface area contributed by atoms with Crippen molar-refractivity contribution in [1.82, 2.24) is 4.98 Å². The zero-order chi connectivity index (χ0) is 16.0. The number of hydrogen-bond donors (Lipinski definition) is 0. The molecule has 0 bridgehead atoms. The molecule has 0 unspecified atom stereocenters. The van der Waals surface area contributed by atoms with E-state index in [-0.39, 0.29) is 11.2 Å². The lowest BCUT2D eigenvalue weighted by molar-refractivity contribution is 0.00578. The molecule has 0 N–H and O–H groups in total. The highest BCUT2D eigenvalue weighted by Gasteiger charge is 2.53. The van der Waals surface area contributed by atoms with Crippen molar-refractivity contribution in [3.05, 3.63) is 29.8 Å². The summed E-state index contributed by atoms with van der Waals surface area (Å²) in [6.07, 6.45) is 0. The van der Waals surface area contributed by atoms with Crippen molar-refractivity contribution < 1.29 is 14.0 Å². The highest BCUT2D eigenvalue weighted by atomic mass is 32.1. The minimum absolute atomic E-state index is 0.354. The summed E-state index contributed by atoms with van der Waals surface area (Å²) < 4.78 is 18.6. The van der Waals surface area contributed by atoms with Crippen LogP contribution in [-0.4, -0.2) is 30.4 Å². The van der Waals surface area contributed by atoms with E-state index in [4.69, 9.17) is 14.0 Å². The van der Waals surface area contributed by atoms with Gasteiger partial charge in [0, 0.05) is 5.56 Å². The van der Waals surface area contributed by atoms with Crippen molar-refractivity contribution >= 4 is 23.2 Å². The van der Waals surface area contributed by atoms with Crippen LogP contribution in [0.25, 0.3) is 11.3 Å². The van der Waals surface area contributed by atoms with Crippen LogP contribution in [0.2, 0.25) is 0 Å². The second-order valence-corrected chi connectivity index (χ2v) is 7.27. The van der Waals surface area contributed by atoms with E-state index in [2.05, 4.69) is 32.7 Å². The van der Waals surface area contributed by atoms with Gasteiger partial charge in [0.2, 0.25) is 0 Å². The fourth-order valence-corrected chi connectivity index (χ4v) is 3.12. The fraction of sp³-hybridized carbons (Fsp3) is 0.438. The van der Waals surface area contributed by atoms with Crippen LogP contribution >= 0.6 is 11.3 Å². The normalized spacial score (nSPS) is 19.4. The largest absolute Gasteiger partial charge is 0.507 e. The maximum absolute atomic E-state index is 6.14. The van der Waals surface area contributed by atoms with Gasteiger partial charge in [-0.2, -0.15) is 0 Å². The summed E-state index contributed by atoms with van der Waals surface area (Å²) >= 11 is 1.55. The van der Waals surface area contributed by atoms with E-state index in [1.807, 2.05) is 29.8 Å². The zero-order valence-electron chi connectivity index (χ0n) is 13.5. The molecule has 0 saturated carbocycles. The summed E-state index contributed by atoms with van der Waals surface area (Å²) in [5.41, 5.74) is 3.02. The van der Waals surface area contributed by atoms with E-state index in [0.29, 0.717) is 0 Å². The second-order valence-electron chi connectivity index (χ2n) is 6.39. The van der Waals surface area contributed by atoms with Crippen LogP contribution in [0.1, 0.15) is 27.7 Å². The minimum Gasteiger partial charge on any atom is -0.497 e. The van der Waals surface area contributed by atoms with Gasteiger partial charge in [-0.3, -0.25) is 0 Å². The molecule has 116 valence electrons. The molecule has 4 nitrogen and oxygen atoms in total. The van der Waals surface area contributed by atoms with Gasteiger partial charge in [-0.05, 0) is 39.8 Å². The molecule has 0 aliphatic carbocycles. The van der Waals surface area contributed by atoms with Gasteiger partial charge in [-0.25, -0.2) is 4.98 Å². The molecular weight excluding hydrogens is 297 g/mol. The van der Waals surface area contributed by atoms with Crippen molar-refractivity contribution in [2.75, 3.05) is 7.11 Å². The molecule has 0 spiro atoms. The highest BCUT2D eigenvalue weighted by molar-refractivity contribution is 7.21. The van der Waals surface area contributed by atoms with Gasteiger partial charge < -0.3 is 14.0 Å². The van der Waals surface area contributed by atoms with Crippen molar-refractivity contribution in [1.29, 1.82) is 0 Å². The van der Waals surface area contributed by atoms with E-state index in [1.54, 1.807) is 18.4 Å². The molecule has 0 amide bonds. The van der Waals surface area contributed by atoms with E-state index < -0.39 is 7.12 Å². The first kappa shape index (κ1) is 15.5. The second kappa shape index (κ2) is 5.37. The fourth-order valence-electron chi connectivity index (χ4n) is 2.36. The average Bonchev–Trinajstić information content (AvgIpc) is 3.02. The monoisotopic (exact) mass is 317 g/mol. The Hall–Kier alpha value is -1.37. The van der Waals surface area contributed by atoms with Crippen molar-refractivity contribution in [2.24, 2.45) is 0 Å². The number of rotatable bonds is 3. The van der Waals surface area contributed by atoms with Gasteiger partial charge in [0.25, 0.3) is 0 Å². The summed E-state index contributed by atoms with van der Waals surface area (Å²) in [7, 11) is 1.27. The number of ether oxygens (including phenoxy) is 1. The summed E-state index contributed by atoms with van der Waals surface area (Å²) in [5.74, 6) is 0.811. The zero-order valence-corrected chi connectivity index (χ0v) is 14.4. The Kier molecular flexibility index (Phi) is 3.79. The first-order valence-corrected chi connectivity index (χ1v) is 8.15. The third-order valence-electron chi connectivity index (χ3n) is 4.41. The topological polar surface area (TPSA) is 40.6 Å². The maximum Gasteiger partial charge on any atom is 0.507 e. The lowest BCUT2D eigenvalue weighted by Crippen LogP contribution is -2.41. The Labute approximate surface area is 135 Å². The highest BCUT2D eigenvalue weighted by Crippen LogP contribution is 2.37. The first-order valence-electron chi connectivity index (χ1n) is 7.27. The quantitative estimate of drug-likeness (QED) is 0.816. The smallest absolute Gasteiger partial charge is 0.497 e. The molecule has 1 saturated heterocycles. The van der Waals surface area contributed by atoms with Gasteiger partial charge in [-0.15, -0.1) is 11.3 Å². The molecule has 0 atom stereocenters. The molecule has 0 radical (unpaired) electrons. The number of hydrogen-bond acceptors (Lipinski definition) is 5. The summed E-state index contributed by atoms with van der Waals surface area (Å²) in [6, 6.07) is 7.88. The molecule has 3 rings (SSSR count). The molecule has 2 aromatic rings. The molecule has 22 heavy (non-hydrogen) atoms. The summed E-state index contributed by atoms with van der Waals surface area (Å²) in [6.45, 7) is 8.22. The van der Waals surface area contributed by atoms with Crippen LogP contribution < -0.4 is 9.51 Å². The van der Waals surface area contributed by atoms with Crippen LogP contribution in [0, 0.1) is 0 Å². The molecule has 1 aliphatic rings. The number of benzene rings is 1. The number of methoxy groups -OCH3 is 1. The van der Waals surface area contributed by atoms with Crippen LogP contribution in [0.3, 0.4) is 0 Å². The Bertz CT molecular complexity index is 668. The molecule has 2 heterocycles. The third kappa shape index (κ3) is 2.55. The number of aromatic nitrogens is 1. The van der Waals surface area contributed by atoms with E-state index in [9.17, 15) is 0 Å². The lowest BCUT2D eigenvalue weighted by atomic mass is 9.84. The Morgan fingerprint density at radius 1 is 1.14 bits per heavy atom. The van der Waals surface area contributed by atoms with Crippen molar-refractivity contribution in [3.8, 4) is 17.0 Å². The van der Waals surface area contributed by atoms with E-state index in [0.717, 1.165) is 21.8 Å². The van der Waals surface area contributed by atoms with Crippen molar-refractivity contribution in [2.45, 2.75) is 38.9 Å². The van der Waals surface area contributed by atoms with Crippen LogP contribution in [0.15, 0.2) is 29.8 Å². The summed E-state index contributed by atoms with van der Waals surface area (Å²) in [4.78, 5) is 4.50. The Balaban J connectivity index is 1.97. The van der Waals surface area contributed by atoms with Gasteiger partial charge in [-0.1, -0.05) is 12.1 Å². The van der Waals surface area contributed by atoms with Gasteiger partial charge >= 0.3 is 7.12 Å². The SMILES string of the molecule is COc1cccc(-c2ncsc2B2OC(C)(C)C(C)(C)O2)c1. The molecule has 6 heteroatoms. The minimum atomic E-state index is -0.390. The van der Waals surface area contributed by atoms with Crippen molar-refractivity contribution in [3.63, 3.8) is 0 Å². The molecule has 1 fully saturated rings. The molecule has 1 aromatic heterocycles. The maximum atomic E-state index is 6.14. The Morgan fingerprint density at radius 3 is 2.45 bits per heavy atom. The lowest BCUT2D eigenvalue weighted by Gasteiger charge is -2.32. The van der Waals surface area contributed by atoms with Gasteiger partial charge in [0.05, 0.1) is 34.3 Å². The first-order chi connectivity index (χ1) is 10.3. The molecule has 1 aliphatic heterocycles. The number of thiazole rings is 1. The van der Waals surface area contributed by atoms with Gasteiger partial charge in [0.1, 0.15) is 5.75 Å². The molecule has 1 aromatic carbocycles. The van der Waals surface area contributed by atoms with E-state index >= 15 is 0 Å². The van der Waals surface area contributed by atoms with Crippen LogP contribution in [0.5, 0.6) is 5.75 Å². The van der Waals surface area contributed by atoms with Crippen LogP contribution in [0.4, 0.5) is 0 Å². The average molecular weight is 317 g/mol. The standard InChI is InChI=1S/C16H20BNO3S/c1-15(2)16(3,4)21-17(20-15)14-13(18-10-22-14)11-7-6-8-12(9-11)19-5/h6-10H,1-5H3. The van der Waals surface area contributed by atoms with E-state index in [1.165, 1.54) is 0 Å². The molecular formula is C16H20BNO3S. The number of nitrogens with zero attached hydrogens (tertiary/aromatic N) is 1. The van der Waals surface area contributed by atoms with Crippen LogP contribution in [-0.2, 0) is 9.31 Å². The predicted octanol–water partition coefficient (Wildman–Crippen LogP) is 3.12. The predicted molar refractivity (Wildman–Crippen MR) is 89.8 cm³/mol.